The Kier molecular flexibility index (Phi) is 3.70. The van der Waals surface area contributed by atoms with Crippen LogP contribution in [0.2, 0.25) is 0 Å². The van der Waals surface area contributed by atoms with Crippen molar-refractivity contribution < 1.29 is 17.9 Å². The summed E-state index contributed by atoms with van der Waals surface area (Å²) < 4.78 is 40.1. The molecule has 1 aromatic rings. The number of rotatable bonds is 4. The molecule has 7 heteroatoms. The van der Waals surface area contributed by atoms with Gasteiger partial charge in [0.05, 0.1) is 13.0 Å². The van der Waals surface area contributed by atoms with Crippen LogP contribution in [0, 0.1) is 0 Å². The van der Waals surface area contributed by atoms with Gasteiger partial charge in [-0.2, -0.15) is 13.2 Å². The van der Waals surface area contributed by atoms with Crippen molar-refractivity contribution in [3.8, 4) is 5.88 Å². The molecule has 15 heavy (non-hydrogen) atoms. The molecule has 0 aliphatic heterocycles. The molecule has 0 atom stereocenters. The van der Waals surface area contributed by atoms with Crippen LogP contribution < -0.4 is 10.1 Å². The van der Waals surface area contributed by atoms with Crippen molar-refractivity contribution >= 4 is 5.82 Å². The van der Waals surface area contributed by atoms with Gasteiger partial charge in [0.15, 0.2) is 0 Å². The lowest BCUT2D eigenvalue weighted by Crippen LogP contribution is -2.13. The second kappa shape index (κ2) is 4.81. The molecule has 0 aliphatic rings. The lowest BCUT2D eigenvalue weighted by molar-refractivity contribution is -0.139. The van der Waals surface area contributed by atoms with E-state index in [1.54, 1.807) is 7.05 Å². The molecule has 0 saturated carbocycles. The Balaban J connectivity index is 2.44. The summed E-state index contributed by atoms with van der Waals surface area (Å²) in [5, 5.41) is 2.72. The lowest BCUT2D eigenvalue weighted by Gasteiger charge is -2.08. The van der Waals surface area contributed by atoms with Crippen LogP contribution in [0.15, 0.2) is 12.4 Å². The molecule has 0 bridgehead atoms. The molecule has 0 fully saturated rings. The van der Waals surface area contributed by atoms with E-state index in [2.05, 4.69) is 15.3 Å². The fourth-order valence-electron chi connectivity index (χ4n) is 0.826. The predicted octanol–water partition coefficient (Wildman–Crippen LogP) is 1.85. The third-order valence-electron chi connectivity index (χ3n) is 1.53. The summed E-state index contributed by atoms with van der Waals surface area (Å²) in [6.45, 7) is -0.441. The number of anilines is 1. The van der Waals surface area contributed by atoms with Crippen LogP contribution in [-0.4, -0.2) is 29.8 Å². The number of nitrogens with one attached hydrogen (secondary N) is 1. The smallest absolute Gasteiger partial charge is 0.392 e. The van der Waals surface area contributed by atoms with E-state index in [1.807, 2.05) is 0 Å². The Bertz CT molecular complexity index is 316. The summed E-state index contributed by atoms with van der Waals surface area (Å²) in [5.41, 5.74) is 0. The van der Waals surface area contributed by atoms with Crippen LogP contribution in [0.5, 0.6) is 5.88 Å². The number of alkyl halides is 3. The van der Waals surface area contributed by atoms with Gasteiger partial charge >= 0.3 is 6.18 Å². The lowest BCUT2D eigenvalue weighted by atomic mass is 10.4. The zero-order valence-electron chi connectivity index (χ0n) is 8.01. The second-order valence-electron chi connectivity index (χ2n) is 2.71. The first-order valence-electron chi connectivity index (χ1n) is 4.20. The first kappa shape index (κ1) is 11.5. The summed E-state index contributed by atoms with van der Waals surface area (Å²) in [4.78, 5) is 7.46. The van der Waals surface area contributed by atoms with Crippen LogP contribution in [-0.2, 0) is 0 Å². The van der Waals surface area contributed by atoms with E-state index in [0.717, 1.165) is 0 Å². The van der Waals surface area contributed by atoms with E-state index in [1.165, 1.54) is 12.4 Å². The molecule has 0 spiro atoms. The summed E-state index contributed by atoms with van der Waals surface area (Å²) >= 11 is 0. The molecule has 0 aliphatic carbocycles. The van der Waals surface area contributed by atoms with Gasteiger partial charge in [0.25, 0.3) is 0 Å². The van der Waals surface area contributed by atoms with E-state index < -0.39 is 19.2 Å². The minimum atomic E-state index is -4.21. The monoisotopic (exact) mass is 221 g/mol. The first-order chi connectivity index (χ1) is 7.01. The van der Waals surface area contributed by atoms with Crippen LogP contribution in [0.4, 0.5) is 19.0 Å². The molecule has 0 saturated heterocycles. The van der Waals surface area contributed by atoms with Gasteiger partial charge < -0.3 is 10.1 Å². The molecule has 0 aromatic carbocycles. The van der Waals surface area contributed by atoms with Crippen molar-refractivity contribution in [3.05, 3.63) is 12.4 Å². The average molecular weight is 221 g/mol. The Morgan fingerprint density at radius 3 is 2.73 bits per heavy atom. The van der Waals surface area contributed by atoms with Gasteiger partial charge in [-0.1, -0.05) is 0 Å². The zero-order chi connectivity index (χ0) is 11.3. The average Bonchev–Trinajstić information content (AvgIpc) is 2.16. The van der Waals surface area contributed by atoms with Gasteiger partial charge in [-0.25, -0.2) is 9.97 Å². The Hall–Kier alpha value is -1.53. The second-order valence-corrected chi connectivity index (χ2v) is 2.71. The molecule has 1 heterocycles. The highest BCUT2D eigenvalue weighted by molar-refractivity contribution is 5.35. The molecule has 4 nitrogen and oxygen atoms in total. The summed E-state index contributed by atoms with van der Waals surface area (Å²) in [5.74, 6) is 0.616. The molecule has 0 amide bonds. The number of hydrogen-bond donors (Lipinski definition) is 1. The third-order valence-corrected chi connectivity index (χ3v) is 1.53. The van der Waals surface area contributed by atoms with Gasteiger partial charge in [-0.05, 0) is 0 Å². The third kappa shape index (κ3) is 4.48. The van der Waals surface area contributed by atoms with E-state index in [9.17, 15) is 13.2 Å². The minimum absolute atomic E-state index is 0.124. The van der Waals surface area contributed by atoms with Crippen LogP contribution in [0.3, 0.4) is 0 Å². The fourth-order valence-corrected chi connectivity index (χ4v) is 0.826. The zero-order valence-corrected chi connectivity index (χ0v) is 8.01. The maximum atomic E-state index is 11.8. The van der Waals surface area contributed by atoms with E-state index in [-0.39, 0.29) is 5.88 Å². The summed E-state index contributed by atoms with van der Waals surface area (Å²) in [6.07, 6.45) is -3.99. The van der Waals surface area contributed by atoms with Crippen molar-refractivity contribution in [2.45, 2.75) is 12.6 Å². The first-order valence-corrected chi connectivity index (χ1v) is 4.20. The van der Waals surface area contributed by atoms with Gasteiger partial charge in [0, 0.05) is 13.1 Å². The fraction of sp³-hybridized carbons (Fsp3) is 0.500. The van der Waals surface area contributed by atoms with Gasteiger partial charge in [-0.15, -0.1) is 0 Å². The van der Waals surface area contributed by atoms with Crippen LogP contribution >= 0.6 is 0 Å². The van der Waals surface area contributed by atoms with Crippen molar-refractivity contribution in [3.63, 3.8) is 0 Å². The van der Waals surface area contributed by atoms with E-state index in [4.69, 9.17) is 4.74 Å². The minimum Gasteiger partial charge on any atom is -0.477 e. The van der Waals surface area contributed by atoms with Gasteiger partial charge in [-0.3, -0.25) is 0 Å². The quantitative estimate of drug-likeness (QED) is 0.842. The molecule has 1 N–H and O–H groups in total. The van der Waals surface area contributed by atoms with Crippen molar-refractivity contribution in [2.24, 2.45) is 0 Å². The molecule has 1 aromatic heterocycles. The van der Waals surface area contributed by atoms with E-state index >= 15 is 0 Å². The predicted molar refractivity (Wildman–Crippen MR) is 47.7 cm³/mol. The van der Waals surface area contributed by atoms with Crippen LogP contribution in [0.1, 0.15) is 6.42 Å². The molecule has 0 radical (unpaired) electrons. The van der Waals surface area contributed by atoms with E-state index in [0.29, 0.717) is 5.82 Å². The highest BCUT2D eigenvalue weighted by Gasteiger charge is 2.26. The SMILES string of the molecule is CNc1cc(OCCC(F)(F)F)ncn1. The molecule has 0 unspecified atom stereocenters. The Labute approximate surface area is 84.5 Å². The number of hydrogen-bond acceptors (Lipinski definition) is 4. The largest absolute Gasteiger partial charge is 0.477 e. The highest BCUT2D eigenvalue weighted by Crippen LogP contribution is 2.20. The molecule has 84 valence electrons. The number of nitrogens with zero attached hydrogens (tertiary/aromatic N) is 2. The maximum Gasteiger partial charge on any atom is 0.392 e. The highest BCUT2D eigenvalue weighted by atomic mass is 19.4. The van der Waals surface area contributed by atoms with Crippen molar-refractivity contribution in [1.29, 1.82) is 0 Å². The van der Waals surface area contributed by atoms with Gasteiger partial charge in [0.1, 0.15) is 12.1 Å². The topological polar surface area (TPSA) is 47.0 Å². The number of ether oxygens (including phenoxy) is 1. The van der Waals surface area contributed by atoms with Gasteiger partial charge in [0.2, 0.25) is 5.88 Å². The maximum absolute atomic E-state index is 11.8. The summed E-state index contributed by atoms with van der Waals surface area (Å²) in [6, 6.07) is 1.43. The molecular formula is C8H10F3N3O. The number of aromatic nitrogens is 2. The Morgan fingerprint density at radius 2 is 2.13 bits per heavy atom. The summed E-state index contributed by atoms with van der Waals surface area (Å²) in [7, 11) is 1.64. The Morgan fingerprint density at radius 1 is 1.40 bits per heavy atom. The standard InChI is InChI=1S/C8H10F3N3O/c1-12-6-4-7(14-5-13-6)15-3-2-8(9,10)11/h4-5H,2-3H2,1H3,(H,12,13,14). The molecule has 1 rings (SSSR count). The van der Waals surface area contributed by atoms with Crippen LogP contribution in [0.25, 0.3) is 0 Å². The number of halogens is 3. The van der Waals surface area contributed by atoms with Crippen molar-refractivity contribution in [2.75, 3.05) is 19.0 Å². The normalized spacial score (nSPS) is 11.2. The van der Waals surface area contributed by atoms with Crippen molar-refractivity contribution in [1.82, 2.24) is 9.97 Å². The molecular weight excluding hydrogens is 211 g/mol.